The minimum atomic E-state index is 0.0898. The number of anilines is 4. The average molecular weight is 993 g/mol. The van der Waals surface area contributed by atoms with Crippen LogP contribution in [0.5, 0.6) is 0 Å². The van der Waals surface area contributed by atoms with Crippen LogP contribution in [0.15, 0.2) is 266 Å². The van der Waals surface area contributed by atoms with Gasteiger partial charge >= 0.3 is 0 Å². The van der Waals surface area contributed by atoms with Crippen molar-refractivity contribution in [2.45, 2.75) is 81.0 Å². The molecule has 0 bridgehead atoms. The van der Waals surface area contributed by atoms with Crippen LogP contribution in [0.3, 0.4) is 0 Å². The molecule has 0 aliphatic heterocycles. The van der Waals surface area contributed by atoms with Crippen LogP contribution in [-0.2, 0) is 10.8 Å². The van der Waals surface area contributed by atoms with E-state index in [1.807, 2.05) is 0 Å². The maximum absolute atomic E-state index is 2.70. The summed E-state index contributed by atoms with van der Waals surface area (Å²) in [7, 11) is 0. The van der Waals surface area contributed by atoms with Gasteiger partial charge in [-0.25, -0.2) is 0 Å². The molecule has 2 heteroatoms. The predicted octanol–water partition coefficient (Wildman–Crippen LogP) is 19.8. The number of fused-ring (bicyclic) bond motifs is 11. The maximum Gasteiger partial charge on any atom is 0.0496 e. The van der Waals surface area contributed by atoms with Gasteiger partial charge in [-0.1, -0.05) is 208 Å². The first kappa shape index (κ1) is 46.1. The Morgan fingerprint density at radius 1 is 0.416 bits per heavy atom. The highest BCUT2D eigenvalue weighted by molar-refractivity contribution is 5.87. The number of allylic oxidation sites excluding steroid dienone is 10. The van der Waals surface area contributed by atoms with Gasteiger partial charge in [0, 0.05) is 56.8 Å². The van der Waals surface area contributed by atoms with Crippen LogP contribution in [0.25, 0.3) is 44.5 Å². The average Bonchev–Trinajstić information content (AvgIpc) is 4.46. The molecule has 8 aromatic carbocycles. The van der Waals surface area contributed by atoms with Gasteiger partial charge in [0.1, 0.15) is 0 Å². The van der Waals surface area contributed by atoms with E-state index in [0.29, 0.717) is 17.8 Å². The Kier molecular flexibility index (Phi) is 11.3. The number of nitrogens with zero attached hydrogens (tertiary/aromatic N) is 2. The summed E-state index contributed by atoms with van der Waals surface area (Å²) in [5, 5.41) is 0. The second-order valence-electron chi connectivity index (χ2n) is 23.0. The van der Waals surface area contributed by atoms with Crippen LogP contribution in [-0.4, -0.2) is 0 Å². The van der Waals surface area contributed by atoms with Crippen LogP contribution >= 0.6 is 0 Å². The fourth-order valence-corrected chi connectivity index (χ4v) is 15.4. The molecule has 0 amide bonds. The largest absolute Gasteiger partial charge is 0.311 e. The van der Waals surface area contributed by atoms with E-state index in [4.69, 9.17) is 0 Å². The van der Waals surface area contributed by atoms with Crippen molar-refractivity contribution >= 4 is 22.7 Å². The van der Waals surface area contributed by atoms with Gasteiger partial charge in [0.2, 0.25) is 0 Å². The van der Waals surface area contributed by atoms with Crippen LogP contribution in [0.2, 0.25) is 0 Å². The lowest BCUT2D eigenvalue weighted by Gasteiger charge is -2.37. The first-order chi connectivity index (χ1) is 38.1. The van der Waals surface area contributed by atoms with Gasteiger partial charge in [0.05, 0.1) is 0 Å². The van der Waals surface area contributed by atoms with Gasteiger partial charge in [0.25, 0.3) is 0 Å². The lowest BCUT2D eigenvalue weighted by Crippen LogP contribution is -2.31. The highest BCUT2D eigenvalue weighted by Crippen LogP contribution is 2.62. The Hall–Kier alpha value is -8.20. The summed E-state index contributed by atoms with van der Waals surface area (Å²) in [4.78, 5) is 5.11. The minimum Gasteiger partial charge on any atom is -0.311 e. The summed E-state index contributed by atoms with van der Waals surface area (Å²) in [6, 6.07) is 73.8. The smallest absolute Gasteiger partial charge is 0.0496 e. The third-order valence-corrected chi connectivity index (χ3v) is 19.0. The van der Waals surface area contributed by atoms with E-state index in [1.54, 1.807) is 11.1 Å². The molecule has 77 heavy (non-hydrogen) atoms. The molecule has 2 nitrogen and oxygen atoms in total. The molecular formula is C75H64N2. The van der Waals surface area contributed by atoms with Crippen molar-refractivity contribution in [2.75, 3.05) is 9.80 Å². The zero-order chi connectivity index (χ0) is 50.9. The Morgan fingerprint density at radius 3 is 1.73 bits per heavy atom. The molecule has 7 aliphatic carbocycles. The van der Waals surface area contributed by atoms with Crippen LogP contribution in [0.4, 0.5) is 22.7 Å². The first-order valence-corrected chi connectivity index (χ1v) is 28.7. The molecule has 2 fully saturated rings. The van der Waals surface area contributed by atoms with E-state index < -0.39 is 0 Å². The lowest BCUT2D eigenvalue weighted by atomic mass is 9.70. The van der Waals surface area contributed by atoms with Crippen molar-refractivity contribution in [1.29, 1.82) is 0 Å². The van der Waals surface area contributed by atoms with Crippen molar-refractivity contribution in [2.24, 2.45) is 11.8 Å². The van der Waals surface area contributed by atoms with Gasteiger partial charge in [-0.2, -0.15) is 0 Å². The molecule has 8 aromatic rings. The first-order valence-electron chi connectivity index (χ1n) is 28.7. The van der Waals surface area contributed by atoms with Crippen molar-refractivity contribution in [1.82, 2.24) is 0 Å². The number of benzene rings is 8. The second kappa shape index (κ2) is 18.8. The quantitative estimate of drug-likeness (QED) is 0.142. The Bertz CT molecular complexity index is 3700. The van der Waals surface area contributed by atoms with E-state index >= 15 is 0 Å². The molecule has 7 aliphatic rings. The van der Waals surface area contributed by atoms with Gasteiger partial charge in [-0.15, -0.1) is 0 Å². The fraction of sp³-hybridized carbons (Fsp3) is 0.200. The summed E-state index contributed by atoms with van der Waals surface area (Å²) in [6.07, 6.45) is 33.9. The van der Waals surface area contributed by atoms with E-state index in [2.05, 4.69) is 259 Å². The van der Waals surface area contributed by atoms with Gasteiger partial charge < -0.3 is 9.80 Å². The summed E-state index contributed by atoms with van der Waals surface area (Å²) >= 11 is 0. The highest BCUT2D eigenvalue weighted by atomic mass is 15.2. The summed E-state index contributed by atoms with van der Waals surface area (Å²) < 4.78 is 0. The molecule has 0 radical (unpaired) electrons. The molecule has 0 saturated heterocycles. The third-order valence-electron chi connectivity index (χ3n) is 19.0. The second-order valence-corrected chi connectivity index (χ2v) is 23.0. The number of hydrogen-bond donors (Lipinski definition) is 0. The molecule has 374 valence electrons. The normalized spacial score (nSPS) is 20.6. The maximum atomic E-state index is 2.70. The van der Waals surface area contributed by atoms with E-state index in [0.717, 1.165) is 24.2 Å². The molecule has 2 saturated carbocycles. The van der Waals surface area contributed by atoms with E-state index in [1.165, 1.54) is 135 Å². The summed E-state index contributed by atoms with van der Waals surface area (Å²) in [5.41, 5.74) is 25.2. The SMILES string of the molecule is C1=CC2=C(N(c3ccc(-c4ccc(N(C5=CC6C(C=C5)c5ccccc5C65CCCC5)c5ccc6c(c5)C5(CCCC5)c5ccccc5-6)cc4)cc3)c3cc(-c4ccccc4)cc(-c4ccccc4)c3)C=CCCC2C=C1. The summed E-state index contributed by atoms with van der Waals surface area (Å²) in [5.74, 6) is 1.21. The Balaban J connectivity index is 0.828. The monoisotopic (exact) mass is 993 g/mol. The molecular weight excluding hydrogens is 929 g/mol. The molecule has 0 heterocycles. The Labute approximate surface area is 455 Å². The molecule has 3 atom stereocenters. The molecule has 15 rings (SSSR count). The molecule has 0 N–H and O–H groups in total. The van der Waals surface area contributed by atoms with Crippen LogP contribution < -0.4 is 9.80 Å². The van der Waals surface area contributed by atoms with Crippen molar-refractivity contribution in [3.05, 3.63) is 288 Å². The number of rotatable bonds is 9. The fourth-order valence-electron chi connectivity index (χ4n) is 15.4. The van der Waals surface area contributed by atoms with Crippen molar-refractivity contribution < 1.29 is 0 Å². The number of hydrogen-bond acceptors (Lipinski definition) is 2. The Morgan fingerprint density at radius 2 is 1.01 bits per heavy atom. The highest BCUT2D eigenvalue weighted by Gasteiger charge is 2.52. The zero-order valence-electron chi connectivity index (χ0n) is 43.9. The van der Waals surface area contributed by atoms with Crippen molar-refractivity contribution in [3.63, 3.8) is 0 Å². The third kappa shape index (κ3) is 7.66. The standard InChI is InChI=1S/C75H64N2/c1-3-19-52(20-4-1)57-47-58(53-21-5-2-6-22-53)49-63(48-57)77(73-30-14-8-24-56-23-7-9-25-64(56)73)60-37-33-55(34-38-60)54-31-35-59(36-32-54)76(61-39-41-67-65-26-10-12-28-69(65)74(71(67)50-61)43-15-16-44-74)62-40-42-68-66-27-11-13-29-70(66)75(72(68)51-62)45-17-18-46-75/h1-7,9-14,19-23,25-42,47-51,56,67,71H,8,15-18,24,43-46H2. The van der Waals surface area contributed by atoms with Gasteiger partial charge in [0.15, 0.2) is 0 Å². The van der Waals surface area contributed by atoms with E-state index in [-0.39, 0.29) is 10.8 Å². The predicted molar refractivity (Wildman–Crippen MR) is 322 cm³/mol. The topological polar surface area (TPSA) is 6.48 Å². The van der Waals surface area contributed by atoms with Gasteiger partial charge in [-0.3, -0.25) is 0 Å². The molecule has 3 unspecified atom stereocenters. The zero-order valence-corrected chi connectivity index (χ0v) is 43.9. The molecule has 2 spiro atoms. The minimum absolute atomic E-state index is 0.0898. The van der Waals surface area contributed by atoms with Crippen LogP contribution in [0.1, 0.15) is 92.4 Å². The van der Waals surface area contributed by atoms with Crippen molar-refractivity contribution in [3.8, 4) is 44.5 Å². The van der Waals surface area contributed by atoms with Gasteiger partial charge in [-0.05, 0) is 184 Å². The molecule has 0 aromatic heterocycles. The summed E-state index contributed by atoms with van der Waals surface area (Å²) in [6.45, 7) is 0. The lowest BCUT2D eigenvalue weighted by molar-refractivity contribution is 0.335. The van der Waals surface area contributed by atoms with Crippen LogP contribution in [0, 0.1) is 11.8 Å². The van der Waals surface area contributed by atoms with E-state index in [9.17, 15) is 0 Å².